The number of hydrogen-bond donors (Lipinski definition) is 1. The zero-order valence-corrected chi connectivity index (χ0v) is 18.1. The number of thiazole rings is 1. The highest BCUT2D eigenvalue weighted by atomic mass is 35.5. The molecule has 1 N–H and O–H groups in total. The summed E-state index contributed by atoms with van der Waals surface area (Å²) in [6, 6.07) is 8.73. The van der Waals surface area contributed by atoms with Crippen molar-refractivity contribution in [3.8, 4) is 10.6 Å². The molecule has 0 saturated carbocycles. The SMILES string of the molecule is CC(OC(=O)Cc1csc(-c2cccc(Cl)c2)n1)C(=O)Nc1ncc(Cl)cc1Cl. The lowest BCUT2D eigenvalue weighted by atomic mass is 10.2. The van der Waals surface area contributed by atoms with Gasteiger partial charge < -0.3 is 10.1 Å². The maximum Gasteiger partial charge on any atom is 0.312 e. The average molecular weight is 471 g/mol. The number of anilines is 1. The van der Waals surface area contributed by atoms with E-state index in [-0.39, 0.29) is 17.3 Å². The van der Waals surface area contributed by atoms with Crippen molar-refractivity contribution >= 4 is 63.8 Å². The van der Waals surface area contributed by atoms with Gasteiger partial charge in [0.25, 0.3) is 5.91 Å². The van der Waals surface area contributed by atoms with Crippen molar-refractivity contribution in [2.75, 3.05) is 5.32 Å². The lowest BCUT2D eigenvalue weighted by molar-refractivity contribution is -0.152. The van der Waals surface area contributed by atoms with Gasteiger partial charge in [-0.1, -0.05) is 46.9 Å². The number of hydrogen-bond acceptors (Lipinski definition) is 6. The molecule has 0 aliphatic heterocycles. The summed E-state index contributed by atoms with van der Waals surface area (Å²) in [5.74, 6) is -1.01. The molecule has 0 fully saturated rings. The Morgan fingerprint density at radius 1 is 1.21 bits per heavy atom. The Labute approximate surface area is 185 Å². The summed E-state index contributed by atoms with van der Waals surface area (Å²) in [7, 11) is 0. The van der Waals surface area contributed by atoms with Crippen LogP contribution in [0.2, 0.25) is 15.1 Å². The molecule has 0 spiro atoms. The number of carbonyl (C=O) groups is 2. The summed E-state index contributed by atoms with van der Waals surface area (Å²) in [6.45, 7) is 1.45. The Kier molecular flexibility index (Phi) is 7.08. The normalized spacial score (nSPS) is 11.7. The van der Waals surface area contributed by atoms with Gasteiger partial charge in [0, 0.05) is 22.2 Å². The summed E-state index contributed by atoms with van der Waals surface area (Å²) in [5, 5.41) is 6.12. The number of esters is 1. The summed E-state index contributed by atoms with van der Waals surface area (Å²) >= 11 is 19.1. The predicted octanol–water partition coefficient (Wildman–Crippen LogP) is 5.28. The molecule has 150 valence electrons. The number of benzene rings is 1. The Bertz CT molecular complexity index is 1060. The summed E-state index contributed by atoms with van der Waals surface area (Å²) in [6.07, 6.45) is 0.246. The van der Waals surface area contributed by atoms with Crippen molar-refractivity contribution in [1.29, 1.82) is 0 Å². The van der Waals surface area contributed by atoms with Gasteiger partial charge >= 0.3 is 5.97 Å². The van der Waals surface area contributed by atoms with E-state index in [4.69, 9.17) is 39.5 Å². The highest BCUT2D eigenvalue weighted by Gasteiger charge is 2.20. The van der Waals surface area contributed by atoms with E-state index in [1.54, 1.807) is 17.5 Å². The first kappa shape index (κ1) is 21.5. The lowest BCUT2D eigenvalue weighted by Crippen LogP contribution is -2.30. The third-order valence-electron chi connectivity index (χ3n) is 3.68. The topological polar surface area (TPSA) is 81.2 Å². The van der Waals surface area contributed by atoms with Crippen LogP contribution in [0.5, 0.6) is 0 Å². The van der Waals surface area contributed by atoms with Crippen LogP contribution in [-0.4, -0.2) is 27.9 Å². The van der Waals surface area contributed by atoms with Gasteiger partial charge in [-0.05, 0) is 25.1 Å². The Morgan fingerprint density at radius 3 is 2.72 bits per heavy atom. The molecule has 0 bridgehead atoms. The summed E-state index contributed by atoms with van der Waals surface area (Å²) in [5.41, 5.74) is 1.41. The molecule has 1 unspecified atom stereocenters. The second-order valence-electron chi connectivity index (χ2n) is 5.94. The van der Waals surface area contributed by atoms with Crippen molar-refractivity contribution in [3.05, 3.63) is 62.7 Å². The van der Waals surface area contributed by atoms with Crippen LogP contribution in [0.1, 0.15) is 12.6 Å². The van der Waals surface area contributed by atoms with E-state index in [1.807, 2.05) is 12.1 Å². The van der Waals surface area contributed by atoms with Crippen LogP contribution in [0.3, 0.4) is 0 Å². The van der Waals surface area contributed by atoms with Crippen molar-refractivity contribution < 1.29 is 14.3 Å². The molecule has 0 radical (unpaired) electrons. The molecule has 0 aliphatic rings. The lowest BCUT2D eigenvalue weighted by Gasteiger charge is -2.13. The molecule has 6 nitrogen and oxygen atoms in total. The van der Waals surface area contributed by atoms with Gasteiger partial charge in [-0.2, -0.15) is 0 Å². The molecule has 0 aliphatic carbocycles. The van der Waals surface area contributed by atoms with E-state index in [1.165, 1.54) is 30.5 Å². The number of rotatable bonds is 6. The second kappa shape index (κ2) is 9.54. The number of carbonyl (C=O) groups excluding carboxylic acids is 2. The molecule has 3 rings (SSSR count). The first-order valence-corrected chi connectivity index (χ1v) is 10.3. The largest absolute Gasteiger partial charge is 0.452 e. The molecular formula is C19H14Cl3N3O3S. The molecule has 2 heterocycles. The minimum absolute atomic E-state index is 0.0609. The monoisotopic (exact) mass is 469 g/mol. The third kappa shape index (κ3) is 5.90. The van der Waals surface area contributed by atoms with E-state index in [0.29, 0.717) is 15.7 Å². The minimum Gasteiger partial charge on any atom is -0.452 e. The number of halogens is 3. The molecule has 1 atom stereocenters. The maximum atomic E-state index is 12.2. The van der Waals surface area contributed by atoms with Crippen molar-refractivity contribution in [2.24, 2.45) is 0 Å². The highest BCUT2D eigenvalue weighted by molar-refractivity contribution is 7.13. The summed E-state index contributed by atoms with van der Waals surface area (Å²) in [4.78, 5) is 32.7. The van der Waals surface area contributed by atoms with E-state index in [9.17, 15) is 9.59 Å². The average Bonchev–Trinajstić information content (AvgIpc) is 3.12. The number of pyridine rings is 1. The molecule has 3 aromatic rings. The van der Waals surface area contributed by atoms with E-state index >= 15 is 0 Å². The Balaban J connectivity index is 1.57. The van der Waals surface area contributed by atoms with Crippen molar-refractivity contribution in [3.63, 3.8) is 0 Å². The fourth-order valence-corrected chi connectivity index (χ4v) is 3.74. The van der Waals surface area contributed by atoms with E-state index < -0.39 is 18.0 Å². The maximum absolute atomic E-state index is 12.2. The highest BCUT2D eigenvalue weighted by Crippen LogP contribution is 2.26. The second-order valence-corrected chi connectivity index (χ2v) is 8.07. The Morgan fingerprint density at radius 2 is 2.00 bits per heavy atom. The van der Waals surface area contributed by atoms with Crippen LogP contribution in [0.4, 0.5) is 5.82 Å². The molecular weight excluding hydrogens is 457 g/mol. The molecule has 1 aromatic carbocycles. The number of amides is 1. The van der Waals surface area contributed by atoms with E-state index in [0.717, 1.165) is 10.6 Å². The van der Waals surface area contributed by atoms with Crippen LogP contribution < -0.4 is 5.32 Å². The van der Waals surface area contributed by atoms with Gasteiger partial charge in [0.15, 0.2) is 11.9 Å². The first-order valence-electron chi connectivity index (χ1n) is 8.33. The van der Waals surface area contributed by atoms with Crippen molar-refractivity contribution in [1.82, 2.24) is 9.97 Å². The van der Waals surface area contributed by atoms with Crippen LogP contribution in [-0.2, 0) is 20.7 Å². The third-order valence-corrected chi connectivity index (χ3v) is 5.35. The smallest absolute Gasteiger partial charge is 0.312 e. The quantitative estimate of drug-likeness (QED) is 0.496. The van der Waals surface area contributed by atoms with Gasteiger partial charge in [-0.3, -0.25) is 9.59 Å². The van der Waals surface area contributed by atoms with Gasteiger partial charge in [0.05, 0.1) is 22.2 Å². The molecule has 2 aromatic heterocycles. The van der Waals surface area contributed by atoms with Gasteiger partial charge in [-0.25, -0.2) is 9.97 Å². The van der Waals surface area contributed by atoms with Crippen LogP contribution in [0.25, 0.3) is 10.6 Å². The molecule has 29 heavy (non-hydrogen) atoms. The fourth-order valence-electron chi connectivity index (χ4n) is 2.31. The number of nitrogens with one attached hydrogen (secondary N) is 1. The van der Waals surface area contributed by atoms with Crippen LogP contribution >= 0.6 is 46.1 Å². The number of nitrogens with zero attached hydrogens (tertiary/aromatic N) is 2. The molecule has 10 heteroatoms. The van der Waals surface area contributed by atoms with Gasteiger partial charge in [0.2, 0.25) is 0 Å². The molecule has 1 amide bonds. The minimum atomic E-state index is -1.04. The summed E-state index contributed by atoms with van der Waals surface area (Å²) < 4.78 is 5.18. The Hall–Kier alpha value is -2.19. The number of ether oxygens (including phenoxy) is 1. The fraction of sp³-hybridized carbons (Fsp3) is 0.158. The first-order chi connectivity index (χ1) is 13.8. The van der Waals surface area contributed by atoms with Gasteiger partial charge in [0.1, 0.15) is 5.01 Å². The molecule has 0 saturated heterocycles. The van der Waals surface area contributed by atoms with Gasteiger partial charge in [-0.15, -0.1) is 11.3 Å². The zero-order chi connectivity index (χ0) is 21.0. The van der Waals surface area contributed by atoms with Crippen LogP contribution in [0, 0.1) is 0 Å². The standard InChI is InChI=1S/C19H14Cl3N3O3S/c1-10(18(27)25-17-15(22)6-13(21)8-23-17)28-16(26)7-14-9-29-19(24-14)11-3-2-4-12(20)5-11/h2-6,8-10H,7H2,1H3,(H,23,25,27). The van der Waals surface area contributed by atoms with Crippen LogP contribution in [0.15, 0.2) is 41.9 Å². The zero-order valence-electron chi connectivity index (χ0n) is 15.0. The van der Waals surface area contributed by atoms with Crippen molar-refractivity contribution in [2.45, 2.75) is 19.4 Å². The predicted molar refractivity (Wildman–Crippen MR) is 115 cm³/mol. The van der Waals surface area contributed by atoms with E-state index in [2.05, 4.69) is 15.3 Å². The number of aromatic nitrogens is 2.